The normalized spacial score (nSPS) is 16.9. The van der Waals surface area contributed by atoms with Gasteiger partial charge in [-0.3, -0.25) is 9.59 Å². The molecule has 1 aliphatic rings. The Kier molecular flexibility index (Phi) is 9.54. The highest BCUT2D eigenvalue weighted by Gasteiger charge is 2.43. The van der Waals surface area contributed by atoms with Crippen LogP contribution in [0.4, 0.5) is 0 Å². The highest BCUT2D eigenvalue weighted by atomic mass is 32.2. The van der Waals surface area contributed by atoms with Crippen molar-refractivity contribution in [2.45, 2.75) is 11.4 Å². The first-order chi connectivity index (χ1) is 17.4. The second-order valence-electron chi connectivity index (χ2n) is 7.73. The quantitative estimate of drug-likeness (QED) is 0.448. The van der Waals surface area contributed by atoms with Gasteiger partial charge in [-0.1, -0.05) is 6.07 Å². The Morgan fingerprint density at radius 2 is 1.53 bits per heavy atom. The molecule has 2 aromatic rings. The molecular formula is C25H32N2O8S. The summed E-state index contributed by atoms with van der Waals surface area (Å²) in [6.45, 7) is 0.704. The average Bonchev–Trinajstić information content (AvgIpc) is 3.36. The number of nitrogens with one attached hydrogen (secondary N) is 1. The molecule has 0 aromatic heterocycles. The molecule has 0 spiro atoms. The van der Waals surface area contributed by atoms with Crippen molar-refractivity contribution in [2.75, 3.05) is 61.6 Å². The monoisotopic (exact) mass is 520 g/mol. The maximum atomic E-state index is 14.0. The summed E-state index contributed by atoms with van der Waals surface area (Å²) in [5, 5.41) is 2.40. The third kappa shape index (κ3) is 5.57. The van der Waals surface area contributed by atoms with Crippen LogP contribution >= 0.6 is 11.8 Å². The molecule has 2 amide bonds. The molecule has 1 saturated heterocycles. The van der Waals surface area contributed by atoms with E-state index in [0.29, 0.717) is 53.2 Å². The molecule has 0 bridgehead atoms. The number of ether oxygens (including phenoxy) is 6. The minimum atomic E-state index is -0.712. The van der Waals surface area contributed by atoms with Crippen LogP contribution in [0.3, 0.4) is 0 Å². The maximum absolute atomic E-state index is 14.0. The number of hydrogen-bond acceptors (Lipinski definition) is 9. The molecule has 0 saturated carbocycles. The third-order valence-electron chi connectivity index (χ3n) is 5.75. The van der Waals surface area contributed by atoms with Crippen LogP contribution in [-0.2, 0) is 9.53 Å². The maximum Gasteiger partial charge on any atom is 0.256 e. The van der Waals surface area contributed by atoms with Gasteiger partial charge in [0.25, 0.3) is 5.91 Å². The number of carbonyl (C=O) groups excluding carboxylic acids is 2. The fourth-order valence-electron chi connectivity index (χ4n) is 3.97. The number of thioether (sulfide) groups is 1. The second kappa shape index (κ2) is 12.6. The van der Waals surface area contributed by atoms with Crippen molar-refractivity contribution in [3.05, 3.63) is 41.5 Å². The second-order valence-corrected chi connectivity index (χ2v) is 8.84. The van der Waals surface area contributed by atoms with Gasteiger partial charge in [0, 0.05) is 25.0 Å². The predicted octanol–water partition coefficient (Wildman–Crippen LogP) is 2.75. The molecule has 1 N–H and O–H groups in total. The van der Waals surface area contributed by atoms with Crippen LogP contribution in [-0.4, -0.2) is 84.3 Å². The van der Waals surface area contributed by atoms with Crippen molar-refractivity contribution in [2.24, 2.45) is 0 Å². The van der Waals surface area contributed by atoms with Crippen LogP contribution < -0.4 is 29.0 Å². The first-order valence-corrected chi connectivity index (χ1v) is 12.2. The molecule has 0 radical (unpaired) electrons. The van der Waals surface area contributed by atoms with Gasteiger partial charge in [-0.05, 0) is 29.8 Å². The van der Waals surface area contributed by atoms with Gasteiger partial charge in [0.15, 0.2) is 23.0 Å². The van der Waals surface area contributed by atoms with E-state index in [2.05, 4.69) is 5.32 Å². The smallest absolute Gasteiger partial charge is 0.256 e. The lowest BCUT2D eigenvalue weighted by Crippen LogP contribution is -2.48. The van der Waals surface area contributed by atoms with Gasteiger partial charge in [-0.15, -0.1) is 11.8 Å². The predicted molar refractivity (Wildman–Crippen MR) is 136 cm³/mol. The molecular weight excluding hydrogens is 488 g/mol. The Morgan fingerprint density at radius 1 is 0.889 bits per heavy atom. The van der Waals surface area contributed by atoms with Crippen molar-refractivity contribution in [3.8, 4) is 28.7 Å². The molecule has 1 aliphatic heterocycles. The van der Waals surface area contributed by atoms with Crippen LogP contribution in [0.15, 0.2) is 30.3 Å². The number of benzene rings is 2. The molecule has 11 heteroatoms. The lowest BCUT2D eigenvalue weighted by Gasteiger charge is -2.30. The van der Waals surface area contributed by atoms with E-state index in [-0.39, 0.29) is 11.8 Å². The molecule has 1 fully saturated rings. The zero-order chi connectivity index (χ0) is 26.2. The van der Waals surface area contributed by atoms with Gasteiger partial charge < -0.3 is 38.6 Å². The van der Waals surface area contributed by atoms with Gasteiger partial charge in [0.2, 0.25) is 11.7 Å². The Labute approximate surface area is 215 Å². The van der Waals surface area contributed by atoms with Gasteiger partial charge in [-0.2, -0.15) is 0 Å². The zero-order valence-corrected chi connectivity index (χ0v) is 22.1. The largest absolute Gasteiger partial charge is 0.493 e. The molecule has 0 aliphatic carbocycles. The van der Waals surface area contributed by atoms with Gasteiger partial charge in [0.1, 0.15) is 11.4 Å². The number of methoxy groups -OCH3 is 6. The summed E-state index contributed by atoms with van der Waals surface area (Å²) in [4.78, 5) is 28.7. The molecule has 2 aromatic carbocycles. The summed E-state index contributed by atoms with van der Waals surface area (Å²) >= 11 is 1.49. The molecule has 2 atom stereocenters. The molecule has 10 nitrogen and oxygen atoms in total. The third-order valence-corrected chi connectivity index (χ3v) is 7.07. The summed E-state index contributed by atoms with van der Waals surface area (Å²) < 4.78 is 32.1. The van der Waals surface area contributed by atoms with Crippen molar-refractivity contribution in [3.63, 3.8) is 0 Å². The summed E-state index contributed by atoms with van der Waals surface area (Å²) in [6, 6.07) is 7.91. The van der Waals surface area contributed by atoms with E-state index in [1.54, 1.807) is 44.4 Å². The van der Waals surface area contributed by atoms with Crippen LogP contribution in [0, 0.1) is 0 Å². The molecule has 1 heterocycles. The fraction of sp³-hybridized carbons (Fsp3) is 0.440. The van der Waals surface area contributed by atoms with E-state index in [0.717, 1.165) is 5.56 Å². The molecule has 36 heavy (non-hydrogen) atoms. The minimum Gasteiger partial charge on any atom is -0.493 e. The van der Waals surface area contributed by atoms with Crippen LogP contribution in [0.1, 0.15) is 21.3 Å². The van der Waals surface area contributed by atoms with E-state index >= 15 is 0 Å². The minimum absolute atomic E-state index is 0.261. The van der Waals surface area contributed by atoms with Gasteiger partial charge in [-0.25, -0.2) is 0 Å². The molecule has 2 unspecified atom stereocenters. The topological polar surface area (TPSA) is 105 Å². The Hall–Kier alpha value is -3.31. The van der Waals surface area contributed by atoms with E-state index in [4.69, 9.17) is 28.4 Å². The first kappa shape index (κ1) is 27.3. The van der Waals surface area contributed by atoms with Crippen molar-refractivity contribution in [1.29, 1.82) is 0 Å². The number of amides is 2. The number of carbonyl (C=O) groups is 2. The first-order valence-electron chi connectivity index (χ1n) is 11.2. The lowest BCUT2D eigenvalue weighted by molar-refractivity contribution is -0.125. The molecule has 3 rings (SSSR count). The summed E-state index contributed by atoms with van der Waals surface area (Å²) in [5.41, 5.74) is 1.10. The number of rotatable bonds is 11. The van der Waals surface area contributed by atoms with E-state index in [9.17, 15) is 9.59 Å². The summed E-state index contributed by atoms with van der Waals surface area (Å²) in [6.07, 6.45) is 0. The lowest BCUT2D eigenvalue weighted by atomic mass is 10.1. The van der Waals surface area contributed by atoms with Crippen molar-refractivity contribution in [1.82, 2.24) is 10.2 Å². The highest BCUT2D eigenvalue weighted by Crippen LogP contribution is 2.45. The van der Waals surface area contributed by atoms with Crippen LogP contribution in [0.2, 0.25) is 0 Å². The Bertz CT molecular complexity index is 1060. The van der Waals surface area contributed by atoms with Crippen molar-refractivity contribution >= 4 is 23.6 Å². The molecule has 196 valence electrons. The standard InChI is InChI=1S/C25H32N2O8S/c1-30-10-9-26-23(28)17-14-36-25(15-7-8-18(31-2)19(11-15)32-3)27(17)24(29)16-12-20(33-4)22(35-6)21(13-16)34-5/h7-8,11-13,17,25H,9-10,14H2,1-6H3,(H,26,28). The SMILES string of the molecule is COCCNC(=O)C1CSC(c2ccc(OC)c(OC)c2)N1C(=O)c1cc(OC)c(OC)c(OC)c1. The van der Waals surface area contributed by atoms with Crippen molar-refractivity contribution < 1.29 is 38.0 Å². The van der Waals surface area contributed by atoms with Crippen LogP contribution in [0.5, 0.6) is 28.7 Å². The Balaban J connectivity index is 2.05. The van der Waals surface area contributed by atoms with E-state index in [1.165, 1.54) is 33.1 Å². The van der Waals surface area contributed by atoms with Crippen LogP contribution in [0.25, 0.3) is 0 Å². The zero-order valence-electron chi connectivity index (χ0n) is 21.3. The van der Waals surface area contributed by atoms with Gasteiger partial charge in [0.05, 0.1) is 42.2 Å². The highest BCUT2D eigenvalue weighted by molar-refractivity contribution is 7.99. The van der Waals surface area contributed by atoms with Gasteiger partial charge >= 0.3 is 0 Å². The average molecular weight is 521 g/mol. The van der Waals surface area contributed by atoms with E-state index < -0.39 is 11.4 Å². The Morgan fingerprint density at radius 3 is 2.08 bits per heavy atom. The summed E-state index contributed by atoms with van der Waals surface area (Å²) in [7, 11) is 9.12. The van der Waals surface area contributed by atoms with E-state index in [1.807, 2.05) is 12.1 Å². The summed E-state index contributed by atoms with van der Waals surface area (Å²) in [5.74, 6) is 1.96. The number of hydrogen-bond donors (Lipinski definition) is 1. The fourth-order valence-corrected chi connectivity index (χ4v) is 5.39. The number of nitrogens with zero attached hydrogens (tertiary/aromatic N) is 1.